The smallest absolute Gasteiger partial charge is 0.416 e. The zero-order valence-corrected chi connectivity index (χ0v) is 10.5. The summed E-state index contributed by atoms with van der Waals surface area (Å²) in [6.45, 7) is 0. The third-order valence-electron chi connectivity index (χ3n) is 2.13. The second kappa shape index (κ2) is 5.15. The highest BCUT2D eigenvalue weighted by Gasteiger charge is 2.34. The Hall–Kier alpha value is -1.28. The minimum Gasteiger partial charge on any atom is -0.495 e. The molecule has 1 aromatic carbocycles. The number of rotatable bonds is 3. The van der Waals surface area contributed by atoms with Crippen LogP contribution in [-0.2, 0) is 11.0 Å². The summed E-state index contributed by atoms with van der Waals surface area (Å²) in [5, 5.41) is 18.0. The van der Waals surface area contributed by atoms with Gasteiger partial charge in [0, 0.05) is 5.56 Å². The molecule has 0 aliphatic heterocycles. The Morgan fingerprint density at radius 2 is 2.00 bits per heavy atom. The van der Waals surface area contributed by atoms with Gasteiger partial charge >= 0.3 is 12.1 Å². The van der Waals surface area contributed by atoms with Crippen LogP contribution >= 0.6 is 15.9 Å². The molecule has 1 rings (SSSR count). The van der Waals surface area contributed by atoms with Crippen molar-refractivity contribution in [2.24, 2.45) is 0 Å². The van der Waals surface area contributed by atoms with Gasteiger partial charge in [-0.05, 0) is 28.1 Å². The summed E-state index contributed by atoms with van der Waals surface area (Å²) in [5.74, 6) is -1.82. The lowest BCUT2D eigenvalue weighted by Gasteiger charge is -2.16. The van der Waals surface area contributed by atoms with Crippen LogP contribution in [0.5, 0.6) is 5.75 Å². The summed E-state index contributed by atoms with van der Waals surface area (Å²) >= 11 is 2.84. The van der Waals surface area contributed by atoms with Gasteiger partial charge in [-0.2, -0.15) is 13.2 Å². The molecule has 0 aliphatic rings. The van der Waals surface area contributed by atoms with Crippen LogP contribution in [0, 0.1) is 0 Å². The minimum absolute atomic E-state index is 0.0878. The van der Waals surface area contributed by atoms with Crippen molar-refractivity contribution in [1.82, 2.24) is 0 Å². The first-order chi connectivity index (χ1) is 8.18. The molecule has 0 radical (unpaired) electrons. The standard InChI is InChI=1S/C10H8BrF3O4/c1-18-8-5(7(15)9(16)17)2-4(3-6(8)11)10(12,13)14/h2-3,7,15H,1H3,(H,16,17). The number of hydrogen-bond donors (Lipinski definition) is 2. The quantitative estimate of drug-likeness (QED) is 0.895. The molecule has 0 saturated carbocycles. The molecule has 0 amide bonds. The van der Waals surface area contributed by atoms with Crippen LogP contribution in [0.1, 0.15) is 17.2 Å². The molecule has 0 aliphatic carbocycles. The lowest BCUT2D eigenvalue weighted by molar-refractivity contribution is -0.147. The number of benzene rings is 1. The minimum atomic E-state index is -4.65. The maximum atomic E-state index is 12.6. The van der Waals surface area contributed by atoms with Crippen LogP contribution in [0.15, 0.2) is 16.6 Å². The molecule has 8 heteroatoms. The zero-order valence-electron chi connectivity index (χ0n) is 8.95. The highest BCUT2D eigenvalue weighted by atomic mass is 79.9. The van der Waals surface area contributed by atoms with Crippen molar-refractivity contribution in [3.8, 4) is 5.75 Å². The number of aliphatic carboxylic acids is 1. The summed E-state index contributed by atoms with van der Waals surface area (Å²) in [5.41, 5.74) is -1.54. The highest BCUT2D eigenvalue weighted by molar-refractivity contribution is 9.10. The number of ether oxygens (including phenoxy) is 1. The van der Waals surface area contributed by atoms with E-state index in [1.807, 2.05) is 0 Å². The number of aliphatic hydroxyl groups is 1. The van der Waals surface area contributed by atoms with Crippen LogP contribution in [0.25, 0.3) is 0 Å². The molecule has 1 atom stereocenters. The predicted octanol–water partition coefficient (Wildman–Crippen LogP) is 2.59. The topological polar surface area (TPSA) is 66.8 Å². The van der Waals surface area contributed by atoms with E-state index in [1.54, 1.807) is 0 Å². The first-order valence-electron chi connectivity index (χ1n) is 4.54. The highest BCUT2D eigenvalue weighted by Crippen LogP contribution is 2.39. The Bertz CT molecular complexity index is 473. The molecule has 0 saturated heterocycles. The lowest BCUT2D eigenvalue weighted by Crippen LogP contribution is -2.14. The van der Waals surface area contributed by atoms with Gasteiger partial charge in [0.2, 0.25) is 0 Å². The fourth-order valence-electron chi connectivity index (χ4n) is 1.33. The van der Waals surface area contributed by atoms with Gasteiger partial charge in [0.15, 0.2) is 6.10 Å². The van der Waals surface area contributed by atoms with Crippen molar-refractivity contribution >= 4 is 21.9 Å². The van der Waals surface area contributed by atoms with E-state index in [1.165, 1.54) is 0 Å². The average Bonchev–Trinajstić information content (AvgIpc) is 2.25. The largest absolute Gasteiger partial charge is 0.495 e. The second-order valence-corrected chi connectivity index (χ2v) is 4.17. The Kier molecular flexibility index (Phi) is 4.23. The van der Waals surface area contributed by atoms with E-state index in [4.69, 9.17) is 9.84 Å². The molecule has 4 nitrogen and oxygen atoms in total. The summed E-state index contributed by atoms with van der Waals surface area (Å²) in [6.07, 6.45) is -6.75. The van der Waals surface area contributed by atoms with Crippen LogP contribution in [0.4, 0.5) is 13.2 Å². The van der Waals surface area contributed by atoms with Gasteiger partial charge in [0.05, 0.1) is 17.1 Å². The molecule has 2 N–H and O–H groups in total. The average molecular weight is 329 g/mol. The summed E-state index contributed by atoms with van der Waals surface area (Å²) in [7, 11) is 1.16. The van der Waals surface area contributed by atoms with Crippen molar-refractivity contribution in [1.29, 1.82) is 0 Å². The van der Waals surface area contributed by atoms with E-state index in [0.717, 1.165) is 13.2 Å². The Morgan fingerprint density at radius 3 is 2.39 bits per heavy atom. The Labute approximate surface area is 108 Å². The maximum absolute atomic E-state index is 12.6. The van der Waals surface area contributed by atoms with Gasteiger partial charge < -0.3 is 14.9 Å². The van der Waals surface area contributed by atoms with Gasteiger partial charge in [0.25, 0.3) is 0 Å². The van der Waals surface area contributed by atoms with Crippen molar-refractivity contribution < 1.29 is 32.9 Å². The molecule has 0 heterocycles. The van der Waals surface area contributed by atoms with Crippen LogP contribution in [0.3, 0.4) is 0 Å². The molecule has 0 spiro atoms. The molecule has 18 heavy (non-hydrogen) atoms. The molecular weight excluding hydrogens is 321 g/mol. The van der Waals surface area contributed by atoms with E-state index in [0.29, 0.717) is 6.07 Å². The van der Waals surface area contributed by atoms with Crippen molar-refractivity contribution in [2.45, 2.75) is 12.3 Å². The van der Waals surface area contributed by atoms with E-state index in [2.05, 4.69) is 15.9 Å². The van der Waals surface area contributed by atoms with Crippen molar-refractivity contribution in [3.63, 3.8) is 0 Å². The third kappa shape index (κ3) is 2.94. The predicted molar refractivity (Wildman–Crippen MR) is 58.3 cm³/mol. The van der Waals surface area contributed by atoms with Gasteiger partial charge in [-0.15, -0.1) is 0 Å². The summed E-state index contributed by atoms with van der Waals surface area (Å²) < 4.78 is 42.4. The third-order valence-corrected chi connectivity index (χ3v) is 2.72. The second-order valence-electron chi connectivity index (χ2n) is 3.32. The number of methoxy groups -OCH3 is 1. The molecular formula is C10H8BrF3O4. The summed E-state index contributed by atoms with van der Waals surface area (Å²) in [6, 6.07) is 1.29. The number of carbonyl (C=O) groups is 1. The van der Waals surface area contributed by atoms with Crippen LogP contribution in [-0.4, -0.2) is 23.3 Å². The normalized spacial score (nSPS) is 13.2. The number of alkyl halides is 3. The van der Waals surface area contributed by atoms with E-state index in [9.17, 15) is 23.1 Å². The Balaban J connectivity index is 3.46. The number of halogens is 4. The van der Waals surface area contributed by atoms with Gasteiger partial charge in [0.1, 0.15) is 5.75 Å². The number of aliphatic hydroxyl groups excluding tert-OH is 1. The molecule has 0 fully saturated rings. The van der Waals surface area contributed by atoms with Gasteiger partial charge in [-0.3, -0.25) is 0 Å². The molecule has 100 valence electrons. The lowest BCUT2D eigenvalue weighted by atomic mass is 10.0. The maximum Gasteiger partial charge on any atom is 0.416 e. The van der Waals surface area contributed by atoms with Crippen LogP contribution in [0.2, 0.25) is 0 Å². The van der Waals surface area contributed by atoms with Crippen LogP contribution < -0.4 is 4.74 Å². The molecule has 0 bridgehead atoms. The van der Waals surface area contributed by atoms with Gasteiger partial charge in [-0.25, -0.2) is 4.79 Å². The fourth-order valence-corrected chi connectivity index (χ4v) is 1.97. The fraction of sp³-hybridized carbons (Fsp3) is 0.300. The van der Waals surface area contributed by atoms with Crippen molar-refractivity contribution in [2.75, 3.05) is 7.11 Å². The van der Waals surface area contributed by atoms with Crippen molar-refractivity contribution in [3.05, 3.63) is 27.7 Å². The van der Waals surface area contributed by atoms with E-state index in [-0.39, 0.29) is 10.2 Å². The SMILES string of the molecule is COc1c(Br)cc(C(F)(F)F)cc1C(O)C(=O)O. The first kappa shape index (κ1) is 14.8. The number of carboxylic acid groups (broad SMARTS) is 1. The number of carboxylic acids is 1. The van der Waals surface area contributed by atoms with E-state index < -0.39 is 29.4 Å². The molecule has 1 unspecified atom stereocenters. The monoisotopic (exact) mass is 328 g/mol. The number of hydrogen-bond acceptors (Lipinski definition) is 3. The van der Waals surface area contributed by atoms with E-state index >= 15 is 0 Å². The molecule has 0 aromatic heterocycles. The summed E-state index contributed by atoms with van der Waals surface area (Å²) in [4.78, 5) is 10.6. The first-order valence-corrected chi connectivity index (χ1v) is 5.33. The Morgan fingerprint density at radius 1 is 1.44 bits per heavy atom. The zero-order chi connectivity index (χ0) is 14.1. The van der Waals surface area contributed by atoms with Gasteiger partial charge in [-0.1, -0.05) is 0 Å². The molecule has 1 aromatic rings.